The molecule has 0 amide bonds. The number of ether oxygens (including phenoxy) is 2. The molecule has 1 fully saturated rings. The van der Waals surface area contributed by atoms with Gasteiger partial charge in [-0.25, -0.2) is 0 Å². The predicted octanol–water partition coefficient (Wildman–Crippen LogP) is -0.873. The molecule has 1 aromatic rings. The summed E-state index contributed by atoms with van der Waals surface area (Å²) in [6.45, 7) is 5.34. The van der Waals surface area contributed by atoms with E-state index in [9.17, 15) is 20.1 Å². The summed E-state index contributed by atoms with van der Waals surface area (Å²) >= 11 is 0. The molecule has 5 unspecified atom stereocenters. The third-order valence-corrected chi connectivity index (χ3v) is 2.79. The number of hydrogen-bond acceptors (Lipinski definition) is 7. The van der Waals surface area contributed by atoms with Crippen LogP contribution in [0.5, 0.6) is 0 Å². The van der Waals surface area contributed by atoms with Gasteiger partial charge in [0.2, 0.25) is 0 Å². The molecule has 3 N–H and O–H groups in total. The second-order valence-corrected chi connectivity index (χ2v) is 4.17. The van der Waals surface area contributed by atoms with Crippen LogP contribution in [0.1, 0.15) is 16.3 Å². The number of rotatable bonds is 4. The fourth-order valence-corrected chi connectivity index (χ4v) is 1.71. The maximum Gasteiger partial charge on any atom is 0.187 e. The van der Waals surface area contributed by atoms with E-state index >= 15 is 0 Å². The van der Waals surface area contributed by atoms with E-state index in [1.807, 2.05) is 0 Å². The number of aldehydes is 1. The van der Waals surface area contributed by atoms with Crippen LogP contribution in [0, 0.1) is 6.92 Å². The van der Waals surface area contributed by atoms with Crippen LogP contribution in [0.15, 0.2) is 16.5 Å². The summed E-state index contributed by atoms with van der Waals surface area (Å²) < 4.78 is 15.3. The van der Waals surface area contributed by atoms with Crippen molar-refractivity contribution in [1.82, 2.24) is 0 Å². The Bertz CT molecular complexity index is 429. The van der Waals surface area contributed by atoms with Crippen LogP contribution in [0.4, 0.5) is 0 Å². The number of carbonyl (C=O) groups excluding carboxylic acids is 1. The van der Waals surface area contributed by atoms with Crippen molar-refractivity contribution in [2.75, 3.05) is 0 Å². The Morgan fingerprint density at radius 2 is 2.00 bits per heavy atom. The molecule has 2 radical (unpaired) electrons. The molecule has 7 heteroatoms. The number of aliphatic hydroxyl groups is 3. The predicted molar refractivity (Wildman–Crippen MR) is 59.9 cm³/mol. The van der Waals surface area contributed by atoms with Crippen molar-refractivity contribution in [3.8, 4) is 0 Å². The highest BCUT2D eigenvalue weighted by Crippen LogP contribution is 2.22. The molecule has 1 aliphatic heterocycles. The van der Waals surface area contributed by atoms with Crippen LogP contribution in [0.2, 0.25) is 0 Å². The Hall–Kier alpha value is -1.25. The molecule has 0 bridgehead atoms. The molecule has 1 aromatic heterocycles. The maximum absolute atomic E-state index is 10.4. The Labute approximate surface area is 109 Å². The van der Waals surface area contributed by atoms with Gasteiger partial charge in [0, 0.05) is 0 Å². The van der Waals surface area contributed by atoms with E-state index in [0.717, 1.165) is 0 Å². The highest BCUT2D eigenvalue weighted by atomic mass is 16.7. The van der Waals surface area contributed by atoms with Crippen molar-refractivity contribution in [1.29, 1.82) is 0 Å². The SMILES string of the molecule is [CH]C1OC(OCc2ccc(C=O)o2)C(O)C(O)C1O. The molecular formula is C12H14O7. The minimum absolute atomic E-state index is 0.0783. The van der Waals surface area contributed by atoms with Gasteiger partial charge in [-0.2, -0.15) is 0 Å². The van der Waals surface area contributed by atoms with Crippen molar-refractivity contribution >= 4 is 6.29 Å². The molecule has 0 spiro atoms. The average Bonchev–Trinajstić information content (AvgIpc) is 2.87. The summed E-state index contributed by atoms with van der Waals surface area (Å²) in [6.07, 6.45) is -6.10. The molecule has 1 saturated heterocycles. The standard InChI is InChI=1S/C12H14O7/c1-6-9(14)10(15)11(16)12(18-6)17-5-8-3-2-7(4-13)19-8/h1-4,6,9-12,14-16H,5H2. The van der Waals surface area contributed by atoms with Gasteiger partial charge in [0.05, 0.1) is 6.10 Å². The Kier molecular flexibility index (Phi) is 4.33. The molecule has 0 saturated carbocycles. The molecule has 1 aliphatic rings. The fraction of sp³-hybridized carbons (Fsp3) is 0.500. The van der Waals surface area contributed by atoms with E-state index in [-0.39, 0.29) is 12.4 Å². The summed E-state index contributed by atoms with van der Waals surface area (Å²) in [7, 11) is 0. The van der Waals surface area contributed by atoms with E-state index in [1.54, 1.807) is 0 Å². The Morgan fingerprint density at radius 3 is 2.63 bits per heavy atom. The van der Waals surface area contributed by atoms with Crippen LogP contribution in [0.25, 0.3) is 0 Å². The summed E-state index contributed by atoms with van der Waals surface area (Å²) in [4.78, 5) is 10.4. The zero-order chi connectivity index (χ0) is 14.0. The monoisotopic (exact) mass is 270 g/mol. The second-order valence-electron chi connectivity index (χ2n) is 4.17. The van der Waals surface area contributed by atoms with Crippen molar-refractivity contribution in [3.63, 3.8) is 0 Å². The quantitative estimate of drug-likeness (QED) is 0.610. The largest absolute Gasteiger partial charge is 0.456 e. The van der Waals surface area contributed by atoms with Gasteiger partial charge >= 0.3 is 0 Å². The van der Waals surface area contributed by atoms with E-state index in [4.69, 9.17) is 20.8 Å². The van der Waals surface area contributed by atoms with Gasteiger partial charge in [0.25, 0.3) is 0 Å². The molecule has 0 aliphatic carbocycles. The van der Waals surface area contributed by atoms with Crippen LogP contribution < -0.4 is 0 Å². The third-order valence-electron chi connectivity index (χ3n) is 2.79. The molecular weight excluding hydrogens is 256 g/mol. The van der Waals surface area contributed by atoms with E-state index in [2.05, 4.69) is 0 Å². The molecule has 7 nitrogen and oxygen atoms in total. The van der Waals surface area contributed by atoms with Crippen LogP contribution >= 0.6 is 0 Å². The minimum atomic E-state index is -1.46. The summed E-state index contributed by atoms with van der Waals surface area (Å²) in [5.41, 5.74) is 0. The Morgan fingerprint density at radius 1 is 1.26 bits per heavy atom. The Balaban J connectivity index is 1.93. The molecule has 0 aromatic carbocycles. The summed E-state index contributed by atoms with van der Waals surface area (Å²) in [5.74, 6) is 0.503. The van der Waals surface area contributed by atoms with E-state index < -0.39 is 30.7 Å². The molecule has 19 heavy (non-hydrogen) atoms. The zero-order valence-electron chi connectivity index (χ0n) is 9.88. The van der Waals surface area contributed by atoms with Gasteiger partial charge in [-0.05, 0) is 19.1 Å². The summed E-state index contributed by atoms with van der Waals surface area (Å²) in [6, 6.07) is 3.00. The minimum Gasteiger partial charge on any atom is -0.456 e. The lowest BCUT2D eigenvalue weighted by atomic mass is 10.0. The second kappa shape index (κ2) is 5.81. The number of aliphatic hydroxyl groups excluding tert-OH is 3. The highest BCUT2D eigenvalue weighted by molar-refractivity contribution is 5.70. The van der Waals surface area contributed by atoms with Gasteiger partial charge < -0.3 is 29.2 Å². The fourth-order valence-electron chi connectivity index (χ4n) is 1.71. The van der Waals surface area contributed by atoms with Crippen molar-refractivity contribution < 1.29 is 34.0 Å². The smallest absolute Gasteiger partial charge is 0.187 e. The normalized spacial score (nSPS) is 35.3. The van der Waals surface area contributed by atoms with E-state index in [1.165, 1.54) is 12.1 Å². The first-order valence-corrected chi connectivity index (χ1v) is 5.63. The van der Waals surface area contributed by atoms with E-state index in [0.29, 0.717) is 12.0 Å². The zero-order valence-corrected chi connectivity index (χ0v) is 9.88. The van der Waals surface area contributed by atoms with Gasteiger partial charge in [0.15, 0.2) is 18.3 Å². The molecule has 2 heterocycles. The highest BCUT2D eigenvalue weighted by Gasteiger charge is 2.42. The topological polar surface area (TPSA) is 109 Å². The summed E-state index contributed by atoms with van der Waals surface area (Å²) in [5, 5.41) is 28.6. The van der Waals surface area contributed by atoms with Gasteiger partial charge in [-0.15, -0.1) is 0 Å². The van der Waals surface area contributed by atoms with Gasteiger partial charge in [0.1, 0.15) is 30.7 Å². The lowest BCUT2D eigenvalue weighted by molar-refractivity contribution is -0.292. The lowest BCUT2D eigenvalue weighted by Gasteiger charge is -2.38. The maximum atomic E-state index is 10.4. The van der Waals surface area contributed by atoms with Crippen molar-refractivity contribution in [2.24, 2.45) is 0 Å². The molecule has 5 atom stereocenters. The number of furan rings is 1. The first kappa shape index (κ1) is 14.2. The van der Waals surface area contributed by atoms with Crippen LogP contribution in [-0.2, 0) is 16.1 Å². The first-order chi connectivity index (χ1) is 9.02. The number of carbonyl (C=O) groups is 1. The molecule has 104 valence electrons. The average molecular weight is 270 g/mol. The number of hydrogen-bond donors (Lipinski definition) is 3. The van der Waals surface area contributed by atoms with Crippen LogP contribution in [-0.4, -0.2) is 52.3 Å². The van der Waals surface area contributed by atoms with Crippen LogP contribution in [0.3, 0.4) is 0 Å². The van der Waals surface area contributed by atoms with Gasteiger partial charge in [-0.3, -0.25) is 4.79 Å². The van der Waals surface area contributed by atoms with Crippen molar-refractivity contribution in [2.45, 2.75) is 37.3 Å². The third kappa shape index (κ3) is 3.02. The van der Waals surface area contributed by atoms with Crippen molar-refractivity contribution in [3.05, 3.63) is 30.6 Å². The van der Waals surface area contributed by atoms with Gasteiger partial charge in [-0.1, -0.05) is 0 Å². The molecule has 2 rings (SSSR count). The first-order valence-electron chi connectivity index (χ1n) is 5.63. The lowest BCUT2D eigenvalue weighted by Crippen LogP contribution is -2.57.